The SMILES string of the molecule is CCCCN(c1ccc(F)cc1[C@@H](C)N)C1CC1. The Morgan fingerprint density at radius 2 is 2.17 bits per heavy atom. The van der Waals surface area contributed by atoms with E-state index in [-0.39, 0.29) is 11.9 Å². The van der Waals surface area contributed by atoms with Gasteiger partial charge < -0.3 is 10.6 Å². The van der Waals surface area contributed by atoms with E-state index in [1.807, 2.05) is 13.0 Å². The van der Waals surface area contributed by atoms with Crippen LogP contribution in [0.3, 0.4) is 0 Å². The van der Waals surface area contributed by atoms with E-state index in [0.29, 0.717) is 6.04 Å². The first-order valence-corrected chi connectivity index (χ1v) is 6.95. The summed E-state index contributed by atoms with van der Waals surface area (Å²) in [7, 11) is 0. The van der Waals surface area contributed by atoms with Gasteiger partial charge in [-0.2, -0.15) is 0 Å². The van der Waals surface area contributed by atoms with Crippen molar-refractivity contribution in [2.45, 2.75) is 51.6 Å². The number of nitrogens with two attached hydrogens (primary N) is 1. The van der Waals surface area contributed by atoms with Gasteiger partial charge in [-0.1, -0.05) is 13.3 Å². The Morgan fingerprint density at radius 1 is 1.44 bits per heavy atom. The van der Waals surface area contributed by atoms with E-state index in [9.17, 15) is 4.39 Å². The summed E-state index contributed by atoms with van der Waals surface area (Å²) in [4.78, 5) is 2.42. The summed E-state index contributed by atoms with van der Waals surface area (Å²) in [5, 5.41) is 0. The summed E-state index contributed by atoms with van der Waals surface area (Å²) in [5.41, 5.74) is 8.03. The Hall–Kier alpha value is -1.09. The minimum absolute atomic E-state index is 0.126. The van der Waals surface area contributed by atoms with Crippen LogP contribution in [0, 0.1) is 5.82 Å². The number of nitrogens with zero attached hydrogens (tertiary/aromatic N) is 1. The number of unbranched alkanes of at least 4 members (excludes halogenated alkanes) is 1. The molecule has 3 heteroatoms. The van der Waals surface area contributed by atoms with E-state index in [4.69, 9.17) is 5.73 Å². The molecule has 1 aliphatic rings. The molecular formula is C15H23FN2. The van der Waals surface area contributed by atoms with Crippen LogP contribution in [0.2, 0.25) is 0 Å². The topological polar surface area (TPSA) is 29.3 Å². The lowest BCUT2D eigenvalue weighted by atomic mass is 10.0. The molecule has 1 saturated carbocycles. The lowest BCUT2D eigenvalue weighted by Gasteiger charge is -2.28. The first-order chi connectivity index (χ1) is 8.63. The normalized spacial score (nSPS) is 16.7. The zero-order valence-corrected chi connectivity index (χ0v) is 11.3. The molecule has 1 aromatic rings. The van der Waals surface area contributed by atoms with E-state index in [1.54, 1.807) is 12.1 Å². The van der Waals surface area contributed by atoms with E-state index in [2.05, 4.69) is 11.8 Å². The fourth-order valence-corrected chi connectivity index (χ4v) is 2.37. The van der Waals surface area contributed by atoms with Crippen molar-refractivity contribution in [3.63, 3.8) is 0 Å². The predicted octanol–water partition coefficient (Wildman–Crippen LogP) is 3.61. The van der Waals surface area contributed by atoms with E-state index in [1.165, 1.54) is 25.7 Å². The van der Waals surface area contributed by atoms with Gasteiger partial charge >= 0.3 is 0 Å². The maximum absolute atomic E-state index is 13.4. The van der Waals surface area contributed by atoms with Crippen LogP contribution >= 0.6 is 0 Å². The highest BCUT2D eigenvalue weighted by Crippen LogP contribution is 2.35. The summed E-state index contributed by atoms with van der Waals surface area (Å²) in [6.45, 7) is 5.16. The van der Waals surface area contributed by atoms with E-state index >= 15 is 0 Å². The second kappa shape index (κ2) is 5.70. The highest BCUT2D eigenvalue weighted by Gasteiger charge is 2.30. The van der Waals surface area contributed by atoms with Crippen LogP contribution in [0.15, 0.2) is 18.2 Å². The molecule has 1 aliphatic carbocycles. The second-order valence-corrected chi connectivity index (χ2v) is 5.27. The van der Waals surface area contributed by atoms with Crippen LogP contribution < -0.4 is 10.6 Å². The maximum atomic E-state index is 13.4. The molecule has 18 heavy (non-hydrogen) atoms. The van der Waals surface area contributed by atoms with Crippen molar-refractivity contribution in [1.29, 1.82) is 0 Å². The number of hydrogen-bond acceptors (Lipinski definition) is 2. The Kier molecular flexibility index (Phi) is 4.23. The monoisotopic (exact) mass is 250 g/mol. The molecule has 2 rings (SSSR count). The van der Waals surface area contributed by atoms with Gasteiger partial charge in [0.2, 0.25) is 0 Å². The molecular weight excluding hydrogens is 227 g/mol. The highest BCUT2D eigenvalue weighted by molar-refractivity contribution is 5.56. The highest BCUT2D eigenvalue weighted by atomic mass is 19.1. The van der Waals surface area contributed by atoms with Gasteiger partial charge in [0.25, 0.3) is 0 Å². The third-order valence-corrected chi connectivity index (χ3v) is 3.53. The van der Waals surface area contributed by atoms with Crippen LogP contribution in [-0.2, 0) is 0 Å². The summed E-state index contributed by atoms with van der Waals surface area (Å²) >= 11 is 0. The zero-order chi connectivity index (χ0) is 13.1. The minimum atomic E-state index is -0.197. The summed E-state index contributed by atoms with van der Waals surface area (Å²) in [6.07, 6.45) is 4.85. The Morgan fingerprint density at radius 3 is 2.72 bits per heavy atom. The smallest absolute Gasteiger partial charge is 0.123 e. The molecule has 0 aliphatic heterocycles. The molecule has 0 amide bonds. The van der Waals surface area contributed by atoms with Gasteiger partial charge in [0.05, 0.1) is 0 Å². The molecule has 100 valence electrons. The van der Waals surface area contributed by atoms with Crippen molar-refractivity contribution >= 4 is 5.69 Å². The van der Waals surface area contributed by atoms with Gasteiger partial charge in [-0.15, -0.1) is 0 Å². The van der Waals surface area contributed by atoms with Crippen molar-refractivity contribution in [1.82, 2.24) is 0 Å². The average molecular weight is 250 g/mol. The van der Waals surface area contributed by atoms with Crippen molar-refractivity contribution < 1.29 is 4.39 Å². The van der Waals surface area contributed by atoms with Crippen LogP contribution in [0.5, 0.6) is 0 Å². The van der Waals surface area contributed by atoms with Crippen LogP contribution in [-0.4, -0.2) is 12.6 Å². The Labute approximate surface area is 109 Å². The quantitative estimate of drug-likeness (QED) is 0.835. The molecule has 0 saturated heterocycles. The number of benzene rings is 1. The Balaban J connectivity index is 2.28. The van der Waals surface area contributed by atoms with Crippen molar-refractivity contribution in [3.05, 3.63) is 29.6 Å². The molecule has 2 N–H and O–H groups in total. The maximum Gasteiger partial charge on any atom is 0.123 e. The fourth-order valence-electron chi connectivity index (χ4n) is 2.37. The van der Waals surface area contributed by atoms with Crippen molar-refractivity contribution in [3.8, 4) is 0 Å². The third kappa shape index (κ3) is 3.02. The van der Waals surface area contributed by atoms with Gasteiger partial charge in [0, 0.05) is 24.3 Å². The molecule has 0 spiro atoms. The summed E-state index contributed by atoms with van der Waals surface area (Å²) in [5.74, 6) is -0.197. The van der Waals surface area contributed by atoms with Gasteiger partial charge in [-0.3, -0.25) is 0 Å². The third-order valence-electron chi connectivity index (χ3n) is 3.53. The molecule has 1 atom stereocenters. The molecule has 0 bridgehead atoms. The largest absolute Gasteiger partial charge is 0.368 e. The molecule has 0 aromatic heterocycles. The standard InChI is InChI=1S/C15H23FN2/c1-3-4-9-18(13-6-7-13)15-8-5-12(16)10-14(15)11(2)17/h5,8,10-11,13H,3-4,6-7,9,17H2,1-2H3/t11-/m1/s1. The van der Waals surface area contributed by atoms with Crippen molar-refractivity contribution in [2.24, 2.45) is 5.73 Å². The van der Waals surface area contributed by atoms with Crippen LogP contribution in [0.1, 0.15) is 51.1 Å². The molecule has 1 fully saturated rings. The molecule has 1 aromatic carbocycles. The predicted molar refractivity (Wildman–Crippen MR) is 74.3 cm³/mol. The zero-order valence-electron chi connectivity index (χ0n) is 11.3. The lowest BCUT2D eigenvalue weighted by molar-refractivity contribution is 0.620. The number of halogens is 1. The number of rotatable bonds is 6. The van der Waals surface area contributed by atoms with Crippen LogP contribution in [0.4, 0.5) is 10.1 Å². The van der Waals surface area contributed by atoms with E-state index in [0.717, 1.165) is 17.8 Å². The molecule has 0 radical (unpaired) electrons. The van der Waals surface area contributed by atoms with Gasteiger partial charge in [-0.25, -0.2) is 4.39 Å². The van der Waals surface area contributed by atoms with Crippen molar-refractivity contribution in [2.75, 3.05) is 11.4 Å². The number of hydrogen-bond donors (Lipinski definition) is 1. The molecule has 2 nitrogen and oxygen atoms in total. The minimum Gasteiger partial charge on any atom is -0.368 e. The van der Waals surface area contributed by atoms with E-state index < -0.39 is 0 Å². The number of anilines is 1. The van der Waals surface area contributed by atoms with Gasteiger partial charge in [-0.05, 0) is 49.9 Å². The summed E-state index contributed by atoms with van der Waals surface area (Å²) in [6, 6.07) is 5.53. The van der Waals surface area contributed by atoms with Gasteiger partial charge in [0.15, 0.2) is 0 Å². The molecule has 0 unspecified atom stereocenters. The lowest BCUT2D eigenvalue weighted by Crippen LogP contribution is -2.28. The first-order valence-electron chi connectivity index (χ1n) is 6.95. The van der Waals surface area contributed by atoms with Crippen LogP contribution in [0.25, 0.3) is 0 Å². The second-order valence-electron chi connectivity index (χ2n) is 5.27. The average Bonchev–Trinajstić information content (AvgIpc) is 3.15. The molecule has 0 heterocycles. The fraction of sp³-hybridized carbons (Fsp3) is 0.600. The Bertz CT molecular complexity index is 399. The first kappa shape index (κ1) is 13.3. The summed E-state index contributed by atoms with van der Waals surface area (Å²) < 4.78 is 13.4. The van der Waals surface area contributed by atoms with Gasteiger partial charge in [0.1, 0.15) is 5.82 Å².